The smallest absolute Gasteiger partial charge is 0.251 e. The Kier molecular flexibility index (Phi) is 6.75. The van der Waals surface area contributed by atoms with E-state index in [1.807, 2.05) is 12.1 Å². The van der Waals surface area contributed by atoms with Crippen molar-refractivity contribution in [2.75, 3.05) is 25.2 Å². The van der Waals surface area contributed by atoms with Crippen molar-refractivity contribution in [2.45, 2.75) is 12.6 Å². The fraction of sp³-hybridized carbons (Fsp3) is 0.217. The third-order valence-electron chi connectivity index (χ3n) is 5.00. The molecule has 2 aromatic carbocycles. The third-order valence-corrected chi connectivity index (χ3v) is 5.00. The van der Waals surface area contributed by atoms with Crippen LogP contribution in [-0.4, -0.2) is 47.1 Å². The number of ether oxygens (including phenoxy) is 1. The Bertz CT molecular complexity index is 1220. The minimum absolute atomic E-state index is 0.194. The molecule has 1 N–H and O–H groups in total. The van der Waals surface area contributed by atoms with Crippen molar-refractivity contribution in [3.8, 4) is 0 Å². The summed E-state index contributed by atoms with van der Waals surface area (Å²) in [5.41, 5.74) is 1.64. The number of benzene rings is 2. The molecule has 0 radical (unpaired) electrons. The summed E-state index contributed by atoms with van der Waals surface area (Å²) in [5.74, 6) is -1.14. The molecule has 0 aliphatic heterocycles. The van der Waals surface area contributed by atoms with Crippen LogP contribution in [0.3, 0.4) is 0 Å². The van der Waals surface area contributed by atoms with Gasteiger partial charge < -0.3 is 14.5 Å². The van der Waals surface area contributed by atoms with E-state index in [1.165, 1.54) is 47.2 Å². The zero-order chi connectivity index (χ0) is 23.2. The van der Waals surface area contributed by atoms with E-state index < -0.39 is 23.7 Å². The van der Waals surface area contributed by atoms with Crippen LogP contribution in [0.25, 0.3) is 11.0 Å². The number of carbonyl (C=O) groups is 2. The molecule has 170 valence electrons. The van der Waals surface area contributed by atoms with Crippen LogP contribution in [0, 0.1) is 5.82 Å². The predicted octanol–water partition coefficient (Wildman–Crippen LogP) is 2.70. The average Bonchev–Trinajstić information content (AvgIpc) is 3.49. The second-order valence-corrected chi connectivity index (χ2v) is 7.18. The molecule has 9 nitrogen and oxygen atoms in total. The van der Waals surface area contributed by atoms with Crippen molar-refractivity contribution in [1.82, 2.24) is 20.3 Å². The van der Waals surface area contributed by atoms with E-state index in [4.69, 9.17) is 9.15 Å². The van der Waals surface area contributed by atoms with Gasteiger partial charge in [-0.1, -0.05) is 17.3 Å². The molecule has 0 unspecified atom stereocenters. The number of amides is 2. The summed E-state index contributed by atoms with van der Waals surface area (Å²) in [5, 5.41) is 10.9. The maximum absolute atomic E-state index is 13.6. The quantitative estimate of drug-likeness (QED) is 0.393. The lowest BCUT2D eigenvalue weighted by molar-refractivity contribution is -0.127. The summed E-state index contributed by atoms with van der Waals surface area (Å²) in [4.78, 5) is 28.1. The molecule has 4 aromatic rings. The Hall–Kier alpha value is -4.05. The number of furan rings is 1. The van der Waals surface area contributed by atoms with Crippen LogP contribution in [0.5, 0.6) is 0 Å². The molecule has 33 heavy (non-hydrogen) atoms. The van der Waals surface area contributed by atoms with Crippen LogP contribution >= 0.6 is 0 Å². The molecule has 0 spiro atoms. The number of hydrogen-bond acceptors (Lipinski definition) is 6. The summed E-state index contributed by atoms with van der Waals surface area (Å²) in [7, 11) is 1.52. The normalized spacial score (nSPS) is 11.9. The lowest BCUT2D eigenvalue weighted by atomic mass is 10.1. The van der Waals surface area contributed by atoms with E-state index in [0.29, 0.717) is 23.3 Å². The SMILES string of the molecule is COCCNC(=O)[C@@H](c1ccco1)N(C(=O)Cn1nnc2ccccc21)c1ccc(F)cc1. The lowest BCUT2D eigenvalue weighted by Crippen LogP contribution is -2.45. The van der Waals surface area contributed by atoms with Crippen LogP contribution in [0.1, 0.15) is 11.8 Å². The Morgan fingerprint density at radius 2 is 1.94 bits per heavy atom. The van der Waals surface area contributed by atoms with Gasteiger partial charge in [-0.3, -0.25) is 14.5 Å². The number of nitrogens with zero attached hydrogens (tertiary/aromatic N) is 4. The van der Waals surface area contributed by atoms with Gasteiger partial charge in [0.25, 0.3) is 5.91 Å². The Morgan fingerprint density at radius 3 is 2.67 bits per heavy atom. The first-order chi connectivity index (χ1) is 16.1. The van der Waals surface area contributed by atoms with Gasteiger partial charge in [-0.2, -0.15) is 0 Å². The third kappa shape index (κ3) is 4.90. The van der Waals surface area contributed by atoms with Crippen LogP contribution in [0.4, 0.5) is 10.1 Å². The van der Waals surface area contributed by atoms with Crippen LogP contribution in [0.15, 0.2) is 71.3 Å². The first-order valence-corrected chi connectivity index (χ1v) is 10.2. The number of nitrogens with one attached hydrogen (secondary N) is 1. The van der Waals surface area contributed by atoms with Crippen LogP contribution in [-0.2, 0) is 20.9 Å². The average molecular weight is 451 g/mol. The van der Waals surface area contributed by atoms with Gasteiger partial charge in [0.15, 0.2) is 6.04 Å². The number of para-hydroxylation sites is 1. The van der Waals surface area contributed by atoms with Gasteiger partial charge >= 0.3 is 0 Å². The van der Waals surface area contributed by atoms with E-state index >= 15 is 0 Å². The zero-order valence-corrected chi connectivity index (χ0v) is 17.8. The van der Waals surface area contributed by atoms with Crippen molar-refractivity contribution in [2.24, 2.45) is 0 Å². The molecule has 2 amide bonds. The van der Waals surface area contributed by atoms with Gasteiger partial charge in [0.1, 0.15) is 23.6 Å². The largest absolute Gasteiger partial charge is 0.467 e. The van der Waals surface area contributed by atoms with Crippen LogP contribution < -0.4 is 10.2 Å². The first kappa shape index (κ1) is 22.2. The lowest BCUT2D eigenvalue weighted by Gasteiger charge is -2.30. The first-order valence-electron chi connectivity index (χ1n) is 10.2. The maximum Gasteiger partial charge on any atom is 0.251 e. The molecule has 2 heterocycles. The number of methoxy groups -OCH3 is 1. The standard InChI is InChI=1S/C23H22FN5O4/c1-32-14-12-25-23(31)22(20-7-4-13-33-20)29(17-10-8-16(24)9-11-17)21(30)15-28-19-6-3-2-5-18(19)26-27-28/h2-11,13,22H,12,14-15H2,1H3,(H,25,31)/t22-/m1/s1. The molecule has 4 rings (SSSR count). The molecule has 0 saturated heterocycles. The van der Waals surface area contributed by atoms with Crippen molar-refractivity contribution in [3.05, 3.63) is 78.5 Å². The number of aromatic nitrogens is 3. The Morgan fingerprint density at radius 1 is 1.15 bits per heavy atom. The van der Waals surface area contributed by atoms with Crippen molar-refractivity contribution in [3.63, 3.8) is 0 Å². The van der Waals surface area contributed by atoms with Crippen LogP contribution in [0.2, 0.25) is 0 Å². The molecule has 0 bridgehead atoms. The molecule has 0 fully saturated rings. The molecular weight excluding hydrogens is 429 g/mol. The summed E-state index contributed by atoms with van der Waals surface area (Å²) in [6, 6.07) is 14.6. The number of fused-ring (bicyclic) bond motifs is 1. The highest BCUT2D eigenvalue weighted by Gasteiger charge is 2.35. The topological polar surface area (TPSA) is 102 Å². The summed E-state index contributed by atoms with van der Waals surface area (Å²) >= 11 is 0. The number of hydrogen-bond donors (Lipinski definition) is 1. The zero-order valence-electron chi connectivity index (χ0n) is 17.8. The number of rotatable bonds is 9. The summed E-state index contributed by atoms with van der Waals surface area (Å²) in [6.45, 7) is 0.345. The minimum atomic E-state index is -1.13. The molecule has 0 aliphatic carbocycles. The Labute approximate surface area is 188 Å². The van der Waals surface area contributed by atoms with Gasteiger partial charge in [-0.25, -0.2) is 9.07 Å². The Balaban J connectivity index is 1.73. The van der Waals surface area contributed by atoms with Gasteiger partial charge in [-0.05, 0) is 48.5 Å². The number of anilines is 1. The van der Waals surface area contributed by atoms with Gasteiger partial charge in [-0.15, -0.1) is 5.10 Å². The van der Waals surface area contributed by atoms with E-state index in [9.17, 15) is 14.0 Å². The van der Waals surface area contributed by atoms with E-state index in [2.05, 4.69) is 15.6 Å². The molecule has 0 aliphatic rings. The van der Waals surface area contributed by atoms with Crippen molar-refractivity contribution < 1.29 is 23.1 Å². The van der Waals surface area contributed by atoms with Crippen molar-refractivity contribution >= 4 is 28.5 Å². The molecule has 1 atom stereocenters. The second kappa shape index (κ2) is 10.0. The highest BCUT2D eigenvalue weighted by Crippen LogP contribution is 2.29. The van der Waals surface area contributed by atoms with E-state index in [1.54, 1.807) is 24.3 Å². The molecular formula is C23H22FN5O4. The molecule has 2 aromatic heterocycles. The van der Waals surface area contributed by atoms with Gasteiger partial charge in [0, 0.05) is 19.3 Å². The van der Waals surface area contributed by atoms with E-state index in [-0.39, 0.29) is 18.8 Å². The van der Waals surface area contributed by atoms with Gasteiger partial charge in [0.05, 0.1) is 18.4 Å². The maximum atomic E-state index is 13.6. The highest BCUT2D eigenvalue weighted by atomic mass is 19.1. The number of carbonyl (C=O) groups excluding carboxylic acids is 2. The van der Waals surface area contributed by atoms with Crippen molar-refractivity contribution in [1.29, 1.82) is 0 Å². The van der Waals surface area contributed by atoms with E-state index in [0.717, 1.165) is 0 Å². The highest BCUT2D eigenvalue weighted by molar-refractivity contribution is 6.01. The van der Waals surface area contributed by atoms with Gasteiger partial charge in [0.2, 0.25) is 5.91 Å². The monoisotopic (exact) mass is 451 g/mol. The summed E-state index contributed by atoms with van der Waals surface area (Å²) in [6.07, 6.45) is 1.42. The molecule has 10 heteroatoms. The fourth-order valence-electron chi connectivity index (χ4n) is 3.47. The summed E-state index contributed by atoms with van der Waals surface area (Å²) < 4.78 is 25.6. The minimum Gasteiger partial charge on any atom is -0.467 e. The second-order valence-electron chi connectivity index (χ2n) is 7.18. The number of halogens is 1. The fourth-order valence-corrected chi connectivity index (χ4v) is 3.47. The predicted molar refractivity (Wildman–Crippen MR) is 118 cm³/mol. The molecule has 0 saturated carbocycles.